The van der Waals surface area contributed by atoms with Gasteiger partial charge in [0.1, 0.15) is 10.6 Å². The first-order valence-corrected chi connectivity index (χ1v) is 10.6. The number of hydrogen-bond donors (Lipinski definition) is 1. The first-order chi connectivity index (χ1) is 13.9. The zero-order valence-electron chi connectivity index (χ0n) is 17.1. The summed E-state index contributed by atoms with van der Waals surface area (Å²) in [4.78, 5) is 25.5. The number of benzene rings is 2. The third-order valence-electron chi connectivity index (χ3n) is 4.78. The number of carbonyl (C=O) groups excluding carboxylic acids is 2. The lowest BCUT2D eigenvalue weighted by Gasteiger charge is -2.11. The Morgan fingerprint density at radius 1 is 1.07 bits per heavy atom. The Hall–Kier alpha value is -2.92. The molecule has 3 aromatic rings. The van der Waals surface area contributed by atoms with E-state index in [-0.39, 0.29) is 12.5 Å². The van der Waals surface area contributed by atoms with E-state index >= 15 is 0 Å². The molecule has 5 heteroatoms. The Morgan fingerprint density at radius 3 is 2.38 bits per heavy atom. The molecule has 0 atom stereocenters. The molecule has 0 aliphatic carbocycles. The van der Waals surface area contributed by atoms with E-state index in [1.807, 2.05) is 42.6 Å². The molecular weight excluding hydrogens is 382 g/mol. The lowest BCUT2D eigenvalue weighted by Crippen LogP contribution is -2.15. The van der Waals surface area contributed by atoms with Crippen LogP contribution in [0.15, 0.2) is 53.9 Å². The Kier molecular flexibility index (Phi) is 6.49. The van der Waals surface area contributed by atoms with Gasteiger partial charge in [0.15, 0.2) is 0 Å². The minimum atomic E-state index is -0.434. The van der Waals surface area contributed by atoms with Crippen molar-refractivity contribution in [3.8, 4) is 11.1 Å². The van der Waals surface area contributed by atoms with E-state index in [1.165, 1.54) is 16.9 Å². The second kappa shape index (κ2) is 9.05. The van der Waals surface area contributed by atoms with E-state index in [0.29, 0.717) is 22.0 Å². The fourth-order valence-corrected chi connectivity index (χ4v) is 4.07. The van der Waals surface area contributed by atoms with Crippen molar-refractivity contribution in [2.24, 2.45) is 0 Å². The van der Waals surface area contributed by atoms with Crippen LogP contribution in [0, 0.1) is 6.92 Å². The van der Waals surface area contributed by atoms with Gasteiger partial charge in [-0.05, 0) is 42.5 Å². The van der Waals surface area contributed by atoms with Crippen LogP contribution in [0.4, 0.5) is 5.00 Å². The molecule has 1 N–H and O–H groups in total. The molecular formula is C24H25NO3S. The molecule has 0 unspecified atom stereocenters. The molecule has 0 fully saturated rings. The average Bonchev–Trinajstić information content (AvgIpc) is 3.12. The van der Waals surface area contributed by atoms with Crippen LogP contribution in [0.5, 0.6) is 0 Å². The smallest absolute Gasteiger partial charge is 0.341 e. The van der Waals surface area contributed by atoms with Gasteiger partial charge in [-0.25, -0.2) is 4.79 Å². The van der Waals surface area contributed by atoms with Gasteiger partial charge in [-0.15, -0.1) is 11.3 Å². The minimum absolute atomic E-state index is 0.239. The molecule has 29 heavy (non-hydrogen) atoms. The van der Waals surface area contributed by atoms with Crippen LogP contribution in [0.1, 0.15) is 58.5 Å². The quantitative estimate of drug-likeness (QED) is 0.490. The van der Waals surface area contributed by atoms with E-state index in [1.54, 1.807) is 13.0 Å². The molecule has 1 aromatic heterocycles. The van der Waals surface area contributed by atoms with Gasteiger partial charge in [0, 0.05) is 16.5 Å². The van der Waals surface area contributed by atoms with E-state index in [0.717, 1.165) is 16.7 Å². The van der Waals surface area contributed by atoms with Crippen molar-refractivity contribution in [2.75, 3.05) is 11.9 Å². The SMILES string of the molecule is CCOC(=O)c1c(-c2ccc(C(C)C)cc2)csc1NC(=O)c1ccccc1C. The number of nitrogens with one attached hydrogen (secondary N) is 1. The molecule has 3 rings (SSSR count). The van der Waals surface area contributed by atoms with Gasteiger partial charge in [-0.3, -0.25) is 4.79 Å². The first-order valence-electron chi connectivity index (χ1n) is 9.68. The highest BCUT2D eigenvalue weighted by molar-refractivity contribution is 7.15. The van der Waals surface area contributed by atoms with E-state index in [9.17, 15) is 9.59 Å². The number of rotatable bonds is 6. The number of carbonyl (C=O) groups is 2. The monoisotopic (exact) mass is 407 g/mol. The zero-order chi connectivity index (χ0) is 21.0. The van der Waals surface area contributed by atoms with Gasteiger partial charge in [-0.1, -0.05) is 56.3 Å². The molecule has 2 aromatic carbocycles. The molecule has 1 heterocycles. The number of aryl methyl sites for hydroxylation is 1. The van der Waals surface area contributed by atoms with Crippen LogP contribution in [0.3, 0.4) is 0 Å². The Morgan fingerprint density at radius 2 is 1.76 bits per heavy atom. The normalized spacial score (nSPS) is 10.8. The van der Waals surface area contributed by atoms with Crippen LogP contribution >= 0.6 is 11.3 Å². The summed E-state index contributed by atoms with van der Waals surface area (Å²) >= 11 is 1.33. The Balaban J connectivity index is 1.99. The summed E-state index contributed by atoms with van der Waals surface area (Å²) in [6, 6.07) is 15.5. The molecule has 0 aliphatic heterocycles. The second-order valence-corrected chi connectivity index (χ2v) is 8.00. The van der Waals surface area contributed by atoms with Crippen molar-refractivity contribution >= 4 is 28.2 Å². The summed E-state index contributed by atoms with van der Waals surface area (Å²) in [7, 11) is 0. The Bertz CT molecular complexity index is 1020. The zero-order valence-corrected chi connectivity index (χ0v) is 17.9. The summed E-state index contributed by atoms with van der Waals surface area (Å²) in [6.07, 6.45) is 0. The average molecular weight is 408 g/mol. The predicted octanol–water partition coefficient (Wildman–Crippen LogP) is 6.28. The fourth-order valence-electron chi connectivity index (χ4n) is 3.11. The maximum absolute atomic E-state index is 12.8. The van der Waals surface area contributed by atoms with E-state index in [4.69, 9.17) is 4.74 Å². The molecule has 0 bridgehead atoms. The standard InChI is InChI=1S/C24H25NO3S/c1-5-28-24(27)21-20(18-12-10-17(11-13-18)15(2)3)14-29-23(21)25-22(26)19-9-7-6-8-16(19)4/h6-15H,5H2,1-4H3,(H,25,26). The van der Waals surface area contributed by atoms with Crippen LogP contribution in [-0.4, -0.2) is 18.5 Å². The largest absolute Gasteiger partial charge is 0.462 e. The predicted molar refractivity (Wildman–Crippen MR) is 119 cm³/mol. The van der Waals surface area contributed by atoms with Crippen molar-refractivity contribution in [2.45, 2.75) is 33.6 Å². The summed E-state index contributed by atoms with van der Waals surface area (Å²) in [5.74, 6) is -0.242. The van der Waals surface area contributed by atoms with Crippen molar-refractivity contribution in [1.82, 2.24) is 0 Å². The fraction of sp³-hybridized carbons (Fsp3) is 0.250. The molecule has 150 valence electrons. The minimum Gasteiger partial charge on any atom is -0.462 e. The van der Waals surface area contributed by atoms with Gasteiger partial charge in [-0.2, -0.15) is 0 Å². The third kappa shape index (κ3) is 4.57. The number of esters is 1. The number of thiophene rings is 1. The topological polar surface area (TPSA) is 55.4 Å². The van der Waals surface area contributed by atoms with Gasteiger partial charge >= 0.3 is 5.97 Å². The molecule has 0 saturated heterocycles. The molecule has 4 nitrogen and oxygen atoms in total. The lowest BCUT2D eigenvalue weighted by atomic mass is 9.98. The van der Waals surface area contributed by atoms with Crippen molar-refractivity contribution in [3.05, 3.63) is 76.2 Å². The van der Waals surface area contributed by atoms with Crippen molar-refractivity contribution in [1.29, 1.82) is 0 Å². The first kappa shape index (κ1) is 20.8. The molecule has 1 amide bonds. The highest BCUT2D eigenvalue weighted by Gasteiger charge is 2.23. The summed E-state index contributed by atoms with van der Waals surface area (Å²) in [5.41, 5.74) is 4.78. The maximum atomic E-state index is 12.8. The summed E-state index contributed by atoms with van der Waals surface area (Å²) in [6.45, 7) is 8.21. The van der Waals surface area contributed by atoms with Crippen molar-refractivity contribution in [3.63, 3.8) is 0 Å². The molecule has 0 radical (unpaired) electrons. The number of anilines is 1. The van der Waals surface area contributed by atoms with Crippen LogP contribution < -0.4 is 5.32 Å². The van der Waals surface area contributed by atoms with Crippen LogP contribution in [-0.2, 0) is 4.74 Å². The number of amides is 1. The van der Waals surface area contributed by atoms with Crippen molar-refractivity contribution < 1.29 is 14.3 Å². The second-order valence-electron chi connectivity index (χ2n) is 7.12. The van der Waals surface area contributed by atoms with Gasteiger partial charge in [0.05, 0.1) is 6.61 Å². The lowest BCUT2D eigenvalue weighted by molar-refractivity contribution is 0.0529. The number of hydrogen-bond acceptors (Lipinski definition) is 4. The highest BCUT2D eigenvalue weighted by Crippen LogP contribution is 2.37. The van der Waals surface area contributed by atoms with E-state index in [2.05, 4.69) is 31.3 Å². The number of ether oxygens (including phenoxy) is 1. The highest BCUT2D eigenvalue weighted by atomic mass is 32.1. The summed E-state index contributed by atoms with van der Waals surface area (Å²) < 4.78 is 5.28. The van der Waals surface area contributed by atoms with E-state index < -0.39 is 5.97 Å². The molecule has 0 spiro atoms. The van der Waals surface area contributed by atoms with Crippen LogP contribution in [0.2, 0.25) is 0 Å². The van der Waals surface area contributed by atoms with Gasteiger partial charge in [0.2, 0.25) is 0 Å². The van der Waals surface area contributed by atoms with Crippen LogP contribution in [0.25, 0.3) is 11.1 Å². The Labute approximate surface area is 175 Å². The maximum Gasteiger partial charge on any atom is 0.341 e. The molecule has 0 saturated carbocycles. The van der Waals surface area contributed by atoms with Gasteiger partial charge in [0.25, 0.3) is 5.91 Å². The molecule has 0 aliphatic rings. The van der Waals surface area contributed by atoms with Gasteiger partial charge < -0.3 is 10.1 Å². The third-order valence-corrected chi connectivity index (χ3v) is 5.67. The summed E-state index contributed by atoms with van der Waals surface area (Å²) in [5, 5.41) is 5.30.